The third-order valence-corrected chi connectivity index (χ3v) is 7.09. The molecule has 1 atom stereocenters. The van der Waals surface area contributed by atoms with Gasteiger partial charge in [0.2, 0.25) is 5.91 Å². The molecule has 0 radical (unpaired) electrons. The Balaban J connectivity index is 1.35. The molecule has 7 heteroatoms. The van der Waals surface area contributed by atoms with Crippen LogP contribution in [0.1, 0.15) is 30.4 Å². The normalized spacial score (nSPS) is 18.3. The molecule has 3 aromatic rings. The van der Waals surface area contributed by atoms with Gasteiger partial charge in [-0.2, -0.15) is 5.10 Å². The zero-order valence-electron chi connectivity index (χ0n) is 20.6. The first-order valence-electron chi connectivity index (χ1n) is 12.5. The molecule has 1 amide bonds. The lowest BCUT2D eigenvalue weighted by Crippen LogP contribution is -2.56. The molecule has 2 aliphatic rings. The van der Waals surface area contributed by atoms with Crippen LogP contribution < -0.4 is 14.4 Å². The van der Waals surface area contributed by atoms with Crippen LogP contribution in [0.3, 0.4) is 0 Å². The zero-order chi connectivity index (χ0) is 24.2. The molecule has 1 aromatic heterocycles. The molecule has 0 bridgehead atoms. The molecule has 35 heavy (non-hydrogen) atoms. The van der Waals surface area contributed by atoms with Gasteiger partial charge in [0.1, 0.15) is 0 Å². The Morgan fingerprint density at radius 1 is 1.06 bits per heavy atom. The number of carbonyl (C=O) groups is 1. The van der Waals surface area contributed by atoms with E-state index in [1.54, 1.807) is 18.0 Å². The van der Waals surface area contributed by atoms with Crippen molar-refractivity contribution >= 4 is 11.6 Å². The highest BCUT2D eigenvalue weighted by Crippen LogP contribution is 2.36. The average molecular weight is 475 g/mol. The first-order chi connectivity index (χ1) is 17.1. The molecular formula is C28H34N4O3. The summed E-state index contributed by atoms with van der Waals surface area (Å²) in [6, 6.07) is 16.7. The minimum atomic E-state index is 0.0772. The highest BCUT2D eigenvalue weighted by molar-refractivity contribution is 5.79. The molecule has 1 saturated carbocycles. The van der Waals surface area contributed by atoms with Gasteiger partial charge in [-0.15, -0.1) is 0 Å². The summed E-state index contributed by atoms with van der Waals surface area (Å²) < 4.78 is 13.5. The van der Waals surface area contributed by atoms with Crippen LogP contribution in [0.15, 0.2) is 60.9 Å². The molecule has 1 aliphatic heterocycles. The first kappa shape index (κ1) is 23.3. The maximum Gasteiger partial charge on any atom is 0.227 e. The van der Waals surface area contributed by atoms with Crippen molar-refractivity contribution in [2.24, 2.45) is 7.05 Å². The van der Waals surface area contributed by atoms with Crippen molar-refractivity contribution < 1.29 is 14.3 Å². The van der Waals surface area contributed by atoms with Crippen LogP contribution in [0.2, 0.25) is 0 Å². The van der Waals surface area contributed by atoms with Crippen molar-refractivity contribution in [2.75, 3.05) is 31.6 Å². The van der Waals surface area contributed by atoms with Crippen molar-refractivity contribution in [3.63, 3.8) is 0 Å². The molecule has 0 unspecified atom stereocenters. The van der Waals surface area contributed by atoms with Crippen molar-refractivity contribution in [3.05, 3.63) is 72.1 Å². The van der Waals surface area contributed by atoms with Gasteiger partial charge in [0.05, 0.1) is 31.9 Å². The second-order valence-electron chi connectivity index (χ2n) is 9.58. The van der Waals surface area contributed by atoms with Gasteiger partial charge >= 0.3 is 0 Å². The summed E-state index contributed by atoms with van der Waals surface area (Å²) in [6.45, 7) is 2.23. The van der Waals surface area contributed by atoms with Gasteiger partial charge in [-0.1, -0.05) is 30.3 Å². The number of carbonyl (C=O) groups excluding carboxylic acids is 1. The number of amides is 1. The van der Waals surface area contributed by atoms with Crippen LogP contribution >= 0.6 is 0 Å². The van der Waals surface area contributed by atoms with Gasteiger partial charge in [0.15, 0.2) is 11.5 Å². The van der Waals surface area contributed by atoms with Crippen molar-refractivity contribution in [1.29, 1.82) is 0 Å². The highest BCUT2D eigenvalue weighted by Gasteiger charge is 2.31. The van der Waals surface area contributed by atoms with Gasteiger partial charge in [-0.25, -0.2) is 0 Å². The summed E-state index contributed by atoms with van der Waals surface area (Å²) >= 11 is 0. The lowest BCUT2D eigenvalue weighted by atomic mass is 9.96. The number of piperazine rings is 1. The van der Waals surface area contributed by atoms with E-state index in [1.165, 1.54) is 12.0 Å². The fourth-order valence-corrected chi connectivity index (χ4v) is 4.94. The summed E-state index contributed by atoms with van der Waals surface area (Å²) in [5, 5.41) is 4.22. The molecule has 0 spiro atoms. The lowest BCUT2D eigenvalue weighted by molar-refractivity contribution is -0.133. The monoisotopic (exact) mass is 474 g/mol. The summed E-state index contributed by atoms with van der Waals surface area (Å²) in [5.74, 6) is 1.73. The fraction of sp³-hybridized carbons (Fsp3) is 0.429. The van der Waals surface area contributed by atoms with E-state index in [2.05, 4.69) is 51.3 Å². The molecule has 1 saturated heterocycles. The van der Waals surface area contributed by atoms with E-state index in [4.69, 9.17) is 9.47 Å². The Morgan fingerprint density at radius 3 is 2.57 bits per heavy atom. The van der Waals surface area contributed by atoms with E-state index in [0.29, 0.717) is 13.0 Å². The molecular weight excluding hydrogens is 440 g/mol. The van der Waals surface area contributed by atoms with Crippen LogP contribution in [-0.2, 0) is 24.7 Å². The number of aromatic nitrogens is 2. The van der Waals surface area contributed by atoms with Crippen LogP contribution in [-0.4, -0.2) is 59.5 Å². The molecule has 1 aliphatic carbocycles. The van der Waals surface area contributed by atoms with E-state index in [1.807, 2.05) is 25.4 Å². The van der Waals surface area contributed by atoms with Gasteiger partial charge in [0.25, 0.3) is 0 Å². The predicted octanol–water partition coefficient (Wildman–Crippen LogP) is 3.86. The number of methoxy groups -OCH3 is 1. The summed E-state index contributed by atoms with van der Waals surface area (Å²) in [5.41, 5.74) is 3.30. The Kier molecular flexibility index (Phi) is 6.93. The van der Waals surface area contributed by atoms with Crippen molar-refractivity contribution in [2.45, 2.75) is 44.2 Å². The van der Waals surface area contributed by atoms with E-state index >= 15 is 0 Å². The molecule has 7 nitrogen and oxygen atoms in total. The number of rotatable bonds is 8. The van der Waals surface area contributed by atoms with Gasteiger partial charge in [0, 0.05) is 44.6 Å². The third kappa shape index (κ3) is 5.45. The largest absolute Gasteiger partial charge is 0.493 e. The molecule has 2 fully saturated rings. The molecule has 2 heterocycles. The maximum atomic E-state index is 13.4. The number of anilines is 1. The van der Waals surface area contributed by atoms with Gasteiger partial charge in [-0.05, 0) is 48.9 Å². The zero-order valence-corrected chi connectivity index (χ0v) is 20.6. The molecule has 2 aromatic carbocycles. The average Bonchev–Trinajstić information content (AvgIpc) is 3.26. The molecule has 0 N–H and O–H groups in total. The van der Waals surface area contributed by atoms with Crippen LogP contribution in [0.5, 0.6) is 11.5 Å². The second kappa shape index (κ2) is 10.4. The smallest absolute Gasteiger partial charge is 0.227 e. The number of benzene rings is 2. The number of aryl methyl sites for hydroxylation is 1. The van der Waals surface area contributed by atoms with Crippen LogP contribution in [0.25, 0.3) is 0 Å². The highest BCUT2D eigenvalue weighted by atomic mass is 16.5. The minimum Gasteiger partial charge on any atom is -0.493 e. The fourth-order valence-electron chi connectivity index (χ4n) is 4.94. The quantitative estimate of drug-likeness (QED) is 0.496. The molecule has 5 rings (SSSR count). The number of ether oxygens (including phenoxy) is 2. The van der Waals surface area contributed by atoms with E-state index in [0.717, 1.165) is 55.1 Å². The Bertz CT molecular complexity index is 1140. The Morgan fingerprint density at radius 2 is 1.89 bits per heavy atom. The van der Waals surface area contributed by atoms with E-state index < -0.39 is 0 Å². The first-order valence-corrected chi connectivity index (χ1v) is 12.5. The maximum absolute atomic E-state index is 13.4. The third-order valence-electron chi connectivity index (χ3n) is 7.09. The lowest BCUT2D eigenvalue weighted by Gasteiger charge is -2.43. The SMILES string of the molecule is COc1ccc(N2CCN(C(=O)Cc3cnn(C)c3)[C@@H](Cc3ccccc3)C2)cc1OC1CCC1. The van der Waals surface area contributed by atoms with Crippen LogP contribution in [0, 0.1) is 0 Å². The summed E-state index contributed by atoms with van der Waals surface area (Å²) in [6.07, 6.45) is 8.60. The summed E-state index contributed by atoms with van der Waals surface area (Å²) in [7, 11) is 3.56. The topological polar surface area (TPSA) is 59.8 Å². The van der Waals surface area contributed by atoms with Crippen LogP contribution in [0.4, 0.5) is 5.69 Å². The molecule has 184 valence electrons. The van der Waals surface area contributed by atoms with Gasteiger partial charge in [-0.3, -0.25) is 9.48 Å². The Hall–Kier alpha value is -3.48. The van der Waals surface area contributed by atoms with E-state index in [9.17, 15) is 4.79 Å². The van der Waals surface area contributed by atoms with Crippen molar-refractivity contribution in [3.8, 4) is 11.5 Å². The second-order valence-corrected chi connectivity index (χ2v) is 9.58. The summed E-state index contributed by atoms with van der Waals surface area (Å²) in [4.78, 5) is 17.8. The number of nitrogens with zero attached hydrogens (tertiary/aromatic N) is 4. The van der Waals surface area contributed by atoms with Gasteiger partial charge < -0.3 is 19.3 Å². The predicted molar refractivity (Wildman–Crippen MR) is 136 cm³/mol. The standard InChI is InChI=1S/C28H34N4O3/c1-30-19-22(18-29-30)16-28(33)32-14-13-31(20-24(32)15-21-7-4-3-5-8-21)23-11-12-26(34-2)27(17-23)35-25-9-6-10-25/h3-5,7-8,11-12,17-19,24-25H,6,9-10,13-16,20H2,1-2H3/t24-/m0/s1. The number of hydrogen-bond donors (Lipinski definition) is 0. The van der Waals surface area contributed by atoms with E-state index in [-0.39, 0.29) is 18.1 Å². The Labute approximate surface area is 207 Å². The van der Waals surface area contributed by atoms with Crippen molar-refractivity contribution in [1.82, 2.24) is 14.7 Å². The minimum absolute atomic E-state index is 0.0772. The number of hydrogen-bond acceptors (Lipinski definition) is 5.